The molecule has 2 aromatic carbocycles. The highest BCUT2D eigenvalue weighted by atomic mass is 19.3. The molecule has 0 radical (unpaired) electrons. The molecule has 1 aliphatic rings. The van der Waals surface area contributed by atoms with Crippen LogP contribution in [0.3, 0.4) is 0 Å². The van der Waals surface area contributed by atoms with E-state index in [0.29, 0.717) is 5.56 Å². The highest BCUT2D eigenvalue weighted by molar-refractivity contribution is 6.26. The first-order valence-corrected chi connectivity index (χ1v) is 10.8. The number of halogens is 3. The van der Waals surface area contributed by atoms with Crippen molar-refractivity contribution >= 4 is 17.5 Å². The monoisotopic (exact) mass is 505 g/mol. The molecule has 1 saturated heterocycles. The number of benzene rings is 2. The number of carbonyl (C=O) groups is 2. The lowest BCUT2D eigenvalue weighted by Gasteiger charge is -2.32. The first-order chi connectivity index (χ1) is 17.0. The molecule has 1 aliphatic heterocycles. The SMILES string of the molecule is COc1ccc(F)cc1C(=O)NCc1ccc(C(=N)/C(C(N)=O)=C(/N)NC2CCOCC2(F)F)cc1. The van der Waals surface area contributed by atoms with E-state index in [9.17, 15) is 22.8 Å². The number of hydrogen-bond donors (Lipinski definition) is 5. The van der Waals surface area contributed by atoms with Crippen LogP contribution in [0.25, 0.3) is 0 Å². The van der Waals surface area contributed by atoms with E-state index < -0.39 is 47.6 Å². The first-order valence-electron chi connectivity index (χ1n) is 10.8. The minimum Gasteiger partial charge on any atom is -0.496 e. The second kappa shape index (κ2) is 11.1. The fourth-order valence-electron chi connectivity index (χ4n) is 3.62. The second-order valence-corrected chi connectivity index (χ2v) is 8.05. The average Bonchev–Trinajstić information content (AvgIpc) is 2.84. The molecular formula is C24H26F3N5O4. The van der Waals surface area contributed by atoms with Crippen LogP contribution in [0.4, 0.5) is 13.2 Å². The van der Waals surface area contributed by atoms with E-state index in [-0.39, 0.29) is 42.2 Å². The highest BCUT2D eigenvalue weighted by Gasteiger charge is 2.43. The number of alkyl halides is 2. The summed E-state index contributed by atoms with van der Waals surface area (Å²) >= 11 is 0. The topological polar surface area (TPSA) is 153 Å². The third kappa shape index (κ3) is 6.13. The van der Waals surface area contributed by atoms with E-state index in [1.165, 1.54) is 31.4 Å². The Bertz CT molecular complexity index is 1180. The van der Waals surface area contributed by atoms with Crippen LogP contribution < -0.4 is 26.8 Å². The molecule has 1 fully saturated rings. The van der Waals surface area contributed by atoms with Crippen LogP contribution >= 0.6 is 0 Å². The van der Waals surface area contributed by atoms with Gasteiger partial charge in [-0.25, -0.2) is 13.2 Å². The summed E-state index contributed by atoms with van der Waals surface area (Å²) in [5.74, 6) is -5.62. The van der Waals surface area contributed by atoms with E-state index >= 15 is 0 Å². The Morgan fingerprint density at radius 2 is 1.89 bits per heavy atom. The summed E-state index contributed by atoms with van der Waals surface area (Å²) in [5, 5.41) is 13.4. The van der Waals surface area contributed by atoms with Crippen molar-refractivity contribution in [2.75, 3.05) is 20.3 Å². The first kappa shape index (κ1) is 26.5. The van der Waals surface area contributed by atoms with Gasteiger partial charge < -0.3 is 31.6 Å². The lowest BCUT2D eigenvalue weighted by molar-refractivity contribution is -0.134. The summed E-state index contributed by atoms with van der Waals surface area (Å²) < 4.78 is 51.5. The molecule has 1 atom stereocenters. The summed E-state index contributed by atoms with van der Waals surface area (Å²) in [5.41, 5.74) is 11.4. The molecule has 0 bridgehead atoms. The maximum Gasteiger partial charge on any atom is 0.290 e. The van der Waals surface area contributed by atoms with Crippen molar-refractivity contribution in [3.63, 3.8) is 0 Å². The van der Waals surface area contributed by atoms with Gasteiger partial charge in [-0.1, -0.05) is 24.3 Å². The van der Waals surface area contributed by atoms with Crippen molar-refractivity contribution in [2.24, 2.45) is 11.5 Å². The molecule has 2 amide bonds. The average molecular weight is 505 g/mol. The van der Waals surface area contributed by atoms with Crippen molar-refractivity contribution in [2.45, 2.75) is 24.9 Å². The van der Waals surface area contributed by atoms with Crippen molar-refractivity contribution in [3.05, 3.63) is 76.4 Å². The molecule has 9 nitrogen and oxygen atoms in total. The Balaban J connectivity index is 1.71. The van der Waals surface area contributed by atoms with Crippen LogP contribution in [-0.2, 0) is 16.1 Å². The number of ether oxygens (including phenoxy) is 2. The van der Waals surface area contributed by atoms with Crippen LogP contribution in [0.2, 0.25) is 0 Å². The van der Waals surface area contributed by atoms with Gasteiger partial charge in [0.2, 0.25) is 0 Å². The van der Waals surface area contributed by atoms with Gasteiger partial charge in [-0.15, -0.1) is 0 Å². The molecule has 7 N–H and O–H groups in total. The smallest absolute Gasteiger partial charge is 0.290 e. The predicted octanol–water partition coefficient (Wildman–Crippen LogP) is 1.80. The number of rotatable bonds is 9. The zero-order chi connectivity index (χ0) is 26.5. The number of nitrogens with two attached hydrogens (primary N) is 2. The maximum atomic E-state index is 14.1. The summed E-state index contributed by atoms with van der Waals surface area (Å²) in [4.78, 5) is 24.5. The van der Waals surface area contributed by atoms with Crippen LogP contribution in [0, 0.1) is 11.2 Å². The molecule has 0 aliphatic carbocycles. The highest BCUT2D eigenvalue weighted by Crippen LogP contribution is 2.26. The van der Waals surface area contributed by atoms with Gasteiger partial charge in [0, 0.05) is 18.7 Å². The Morgan fingerprint density at radius 3 is 2.50 bits per heavy atom. The molecule has 0 aromatic heterocycles. The van der Waals surface area contributed by atoms with Gasteiger partial charge in [-0.3, -0.25) is 15.0 Å². The molecule has 3 rings (SSSR count). The van der Waals surface area contributed by atoms with E-state index in [1.54, 1.807) is 12.1 Å². The van der Waals surface area contributed by atoms with Gasteiger partial charge in [-0.2, -0.15) is 0 Å². The van der Waals surface area contributed by atoms with Crippen molar-refractivity contribution in [3.8, 4) is 5.75 Å². The fourth-order valence-corrected chi connectivity index (χ4v) is 3.62. The second-order valence-electron chi connectivity index (χ2n) is 8.05. The summed E-state index contributed by atoms with van der Waals surface area (Å²) in [6.45, 7) is -0.619. The Hall–Kier alpha value is -4.06. The van der Waals surface area contributed by atoms with Crippen LogP contribution in [0.5, 0.6) is 5.75 Å². The molecule has 192 valence electrons. The van der Waals surface area contributed by atoms with Crippen molar-refractivity contribution < 1.29 is 32.2 Å². The Kier molecular flexibility index (Phi) is 8.20. The number of amides is 2. The van der Waals surface area contributed by atoms with E-state index in [1.807, 2.05) is 0 Å². The van der Waals surface area contributed by atoms with E-state index in [2.05, 4.69) is 10.6 Å². The third-order valence-electron chi connectivity index (χ3n) is 5.55. The Labute approximate surface area is 205 Å². The molecule has 1 unspecified atom stereocenters. The largest absolute Gasteiger partial charge is 0.496 e. The van der Waals surface area contributed by atoms with Gasteiger partial charge in [0.25, 0.3) is 17.7 Å². The van der Waals surface area contributed by atoms with Crippen molar-refractivity contribution in [1.29, 1.82) is 5.41 Å². The number of methoxy groups -OCH3 is 1. The lowest BCUT2D eigenvalue weighted by atomic mass is 9.99. The quantitative estimate of drug-likeness (QED) is 0.259. The molecular weight excluding hydrogens is 479 g/mol. The van der Waals surface area contributed by atoms with Gasteiger partial charge in [-0.05, 0) is 30.2 Å². The van der Waals surface area contributed by atoms with Crippen LogP contribution in [0.1, 0.15) is 27.9 Å². The molecule has 12 heteroatoms. The molecule has 1 heterocycles. The van der Waals surface area contributed by atoms with Crippen LogP contribution in [-0.4, -0.2) is 49.8 Å². The number of primary amides is 1. The molecule has 36 heavy (non-hydrogen) atoms. The van der Waals surface area contributed by atoms with Gasteiger partial charge in [0.05, 0.1) is 24.4 Å². The number of nitrogens with one attached hydrogen (secondary N) is 3. The molecule has 2 aromatic rings. The summed E-state index contributed by atoms with van der Waals surface area (Å²) in [6, 6.07) is 8.36. The third-order valence-corrected chi connectivity index (χ3v) is 5.55. The van der Waals surface area contributed by atoms with E-state index in [4.69, 9.17) is 26.4 Å². The predicted molar refractivity (Wildman–Crippen MR) is 125 cm³/mol. The van der Waals surface area contributed by atoms with E-state index in [0.717, 1.165) is 6.07 Å². The Morgan fingerprint density at radius 1 is 1.19 bits per heavy atom. The number of hydrogen-bond acceptors (Lipinski definition) is 7. The molecule has 0 saturated carbocycles. The number of carbonyl (C=O) groups excluding carboxylic acids is 2. The van der Waals surface area contributed by atoms with Crippen LogP contribution in [0.15, 0.2) is 53.9 Å². The molecule has 0 spiro atoms. The minimum atomic E-state index is -3.21. The van der Waals surface area contributed by atoms with Crippen molar-refractivity contribution in [1.82, 2.24) is 10.6 Å². The van der Waals surface area contributed by atoms with Gasteiger partial charge in [0.1, 0.15) is 29.6 Å². The van der Waals surface area contributed by atoms with Gasteiger partial charge >= 0.3 is 0 Å². The zero-order valence-corrected chi connectivity index (χ0v) is 19.4. The summed E-state index contributed by atoms with van der Waals surface area (Å²) in [7, 11) is 1.36. The fraction of sp³-hybridized carbons (Fsp3) is 0.292. The normalized spacial score (nSPS) is 17.5. The standard InChI is InChI=1S/C24H26F3N5O4/c1-35-17-7-6-15(25)10-16(17)23(34)31-11-13-2-4-14(5-3-13)20(28)19(22(30)33)21(29)32-18-8-9-36-12-24(18,26)27/h2-7,10,18,28,32H,8-9,11-12,29H2,1H3,(H2,30,33)(H,31,34)/b21-19+,28-20?. The summed E-state index contributed by atoms with van der Waals surface area (Å²) in [6.07, 6.45) is -0.0466. The maximum absolute atomic E-state index is 14.1. The lowest BCUT2D eigenvalue weighted by Crippen LogP contribution is -2.52. The zero-order valence-electron chi connectivity index (χ0n) is 19.4. The minimum absolute atomic E-state index is 0.0326. The van der Waals surface area contributed by atoms with Gasteiger partial charge in [0.15, 0.2) is 0 Å².